The Morgan fingerprint density at radius 3 is 2.51 bits per heavy atom. The molecule has 0 aliphatic rings. The van der Waals surface area contributed by atoms with Crippen LogP contribution >= 0.6 is 0 Å². The van der Waals surface area contributed by atoms with Crippen molar-refractivity contribution >= 4 is 11.1 Å². The number of rotatable bonds is 6. The number of fused-ring (bicyclic) bond motifs is 1. The van der Waals surface area contributed by atoms with E-state index in [4.69, 9.17) is 9.15 Å². The summed E-state index contributed by atoms with van der Waals surface area (Å²) in [5, 5.41) is 20.0. The first-order valence-corrected chi connectivity index (χ1v) is 11.0. The van der Waals surface area contributed by atoms with E-state index in [9.17, 15) is 10.4 Å². The van der Waals surface area contributed by atoms with Crippen LogP contribution in [0.2, 0.25) is 0 Å². The van der Waals surface area contributed by atoms with Gasteiger partial charge in [-0.1, -0.05) is 30.3 Å². The van der Waals surface area contributed by atoms with Crippen LogP contribution in [-0.4, -0.2) is 34.1 Å². The molecule has 0 aliphatic carbocycles. The second-order valence-electron chi connectivity index (χ2n) is 8.26. The smallest absolute Gasteiger partial charge is 0.161 e. The monoisotopic (exact) mass is 462 g/mol. The van der Waals surface area contributed by atoms with Crippen LogP contribution < -0.4 is 4.74 Å². The van der Waals surface area contributed by atoms with Crippen molar-refractivity contribution in [1.82, 2.24) is 14.9 Å². The molecule has 2 aromatic carbocycles. The number of nitrogens with zero attached hydrogens (tertiary/aromatic N) is 4. The number of aromatic nitrogens is 2. The average molecular weight is 463 g/mol. The molecule has 3 heterocycles. The molecule has 5 rings (SSSR count). The van der Waals surface area contributed by atoms with Gasteiger partial charge in [-0.2, -0.15) is 5.26 Å². The SMILES string of the molecule is CN(C)C(O)c1ccc(-c2cc3nccc(-c4ccc(Oc5cccnc5)c(C#N)c4)c3o2)cc1. The number of nitriles is 1. The van der Waals surface area contributed by atoms with Crippen LogP contribution in [0.25, 0.3) is 33.6 Å². The van der Waals surface area contributed by atoms with Gasteiger partial charge < -0.3 is 14.3 Å². The molecule has 35 heavy (non-hydrogen) atoms. The van der Waals surface area contributed by atoms with E-state index >= 15 is 0 Å². The molecule has 0 saturated carbocycles. The average Bonchev–Trinajstić information content (AvgIpc) is 3.34. The second-order valence-corrected chi connectivity index (χ2v) is 8.26. The van der Waals surface area contributed by atoms with Crippen molar-refractivity contribution in [1.29, 1.82) is 5.26 Å². The van der Waals surface area contributed by atoms with Crippen LogP contribution in [0.15, 0.2) is 89.7 Å². The van der Waals surface area contributed by atoms with Crippen LogP contribution in [0, 0.1) is 11.3 Å². The van der Waals surface area contributed by atoms with Gasteiger partial charge in [0.1, 0.15) is 35.1 Å². The molecule has 5 aromatic rings. The van der Waals surface area contributed by atoms with Gasteiger partial charge in [-0.15, -0.1) is 0 Å². The van der Waals surface area contributed by atoms with Crippen molar-refractivity contribution in [3.05, 3.63) is 96.4 Å². The van der Waals surface area contributed by atoms with Crippen molar-refractivity contribution in [3.63, 3.8) is 0 Å². The summed E-state index contributed by atoms with van der Waals surface area (Å²) in [6.45, 7) is 0. The fraction of sp³-hybridized carbons (Fsp3) is 0.107. The second kappa shape index (κ2) is 9.39. The highest BCUT2D eigenvalue weighted by Gasteiger charge is 2.16. The summed E-state index contributed by atoms with van der Waals surface area (Å²) in [6.07, 6.45) is 4.31. The van der Waals surface area contributed by atoms with Gasteiger partial charge in [0.2, 0.25) is 0 Å². The maximum Gasteiger partial charge on any atom is 0.161 e. The van der Waals surface area contributed by atoms with E-state index in [-0.39, 0.29) is 0 Å². The van der Waals surface area contributed by atoms with Crippen molar-refractivity contribution in [2.75, 3.05) is 14.1 Å². The maximum atomic E-state index is 10.2. The minimum absolute atomic E-state index is 0.401. The minimum Gasteiger partial charge on any atom is -0.454 e. The lowest BCUT2D eigenvalue weighted by molar-refractivity contribution is 0.0395. The van der Waals surface area contributed by atoms with E-state index in [1.165, 1.54) is 0 Å². The number of hydrogen-bond donors (Lipinski definition) is 1. The Morgan fingerprint density at radius 2 is 1.80 bits per heavy atom. The molecular formula is C28H22N4O3. The number of aliphatic hydroxyl groups excluding tert-OH is 1. The normalized spacial score (nSPS) is 12.0. The minimum atomic E-state index is -0.674. The predicted molar refractivity (Wildman–Crippen MR) is 133 cm³/mol. The molecule has 0 fully saturated rings. The maximum absolute atomic E-state index is 10.2. The van der Waals surface area contributed by atoms with E-state index in [2.05, 4.69) is 16.0 Å². The molecule has 0 amide bonds. The molecule has 0 bridgehead atoms. The van der Waals surface area contributed by atoms with Crippen molar-refractivity contribution in [2.45, 2.75) is 6.23 Å². The Kier molecular flexibility index (Phi) is 5.98. The molecule has 0 spiro atoms. The molecule has 1 N–H and O–H groups in total. The van der Waals surface area contributed by atoms with Crippen LogP contribution in [-0.2, 0) is 0 Å². The molecule has 0 saturated heterocycles. The molecule has 1 unspecified atom stereocenters. The highest BCUT2D eigenvalue weighted by molar-refractivity contribution is 5.92. The summed E-state index contributed by atoms with van der Waals surface area (Å²) < 4.78 is 12.1. The van der Waals surface area contributed by atoms with Gasteiger partial charge in [0.25, 0.3) is 0 Å². The number of hydrogen-bond acceptors (Lipinski definition) is 7. The Labute approximate surface area is 202 Å². The summed E-state index contributed by atoms with van der Waals surface area (Å²) in [4.78, 5) is 10.2. The fourth-order valence-corrected chi connectivity index (χ4v) is 3.83. The van der Waals surface area contributed by atoms with Gasteiger partial charge in [0, 0.05) is 29.6 Å². The van der Waals surface area contributed by atoms with Gasteiger partial charge >= 0.3 is 0 Å². The Balaban J connectivity index is 1.49. The highest BCUT2D eigenvalue weighted by atomic mass is 16.5. The fourth-order valence-electron chi connectivity index (χ4n) is 3.83. The number of benzene rings is 2. The Hall–Kier alpha value is -4.51. The summed E-state index contributed by atoms with van der Waals surface area (Å²) in [7, 11) is 3.64. The highest BCUT2D eigenvalue weighted by Crippen LogP contribution is 2.36. The van der Waals surface area contributed by atoms with E-state index in [0.29, 0.717) is 33.9 Å². The first kappa shape index (κ1) is 22.3. The van der Waals surface area contributed by atoms with Crippen molar-refractivity contribution in [3.8, 4) is 40.0 Å². The third kappa shape index (κ3) is 4.49. The summed E-state index contributed by atoms with van der Waals surface area (Å²) >= 11 is 0. The lowest BCUT2D eigenvalue weighted by Gasteiger charge is -2.18. The standard InChI is InChI=1S/C28H22N4O3/c1-32(2)28(33)19-7-5-18(6-8-19)26-15-24-27(35-26)23(11-13-31-24)20-9-10-25(21(14-20)16-29)34-22-4-3-12-30-17-22/h3-15,17,28,33H,1-2H3. The number of pyridine rings is 2. The van der Waals surface area contributed by atoms with Gasteiger partial charge in [0.05, 0.1) is 11.8 Å². The van der Waals surface area contributed by atoms with Crippen molar-refractivity contribution in [2.24, 2.45) is 0 Å². The van der Waals surface area contributed by atoms with Crippen LogP contribution in [0.3, 0.4) is 0 Å². The third-order valence-electron chi connectivity index (χ3n) is 5.67. The molecule has 7 heteroatoms. The van der Waals surface area contributed by atoms with Crippen LogP contribution in [0.1, 0.15) is 17.4 Å². The zero-order valence-electron chi connectivity index (χ0n) is 19.2. The summed E-state index contributed by atoms with van der Waals surface area (Å²) in [5.74, 6) is 1.68. The first-order chi connectivity index (χ1) is 17.0. The molecule has 1 atom stereocenters. The third-order valence-corrected chi connectivity index (χ3v) is 5.67. The lowest BCUT2D eigenvalue weighted by atomic mass is 10.0. The van der Waals surface area contributed by atoms with E-state index < -0.39 is 6.23 Å². The molecule has 0 radical (unpaired) electrons. The lowest BCUT2D eigenvalue weighted by Crippen LogP contribution is -2.18. The summed E-state index contributed by atoms with van der Waals surface area (Å²) in [6, 6.07) is 22.5. The number of ether oxygens (including phenoxy) is 1. The zero-order valence-corrected chi connectivity index (χ0v) is 19.2. The largest absolute Gasteiger partial charge is 0.454 e. The molecule has 172 valence electrons. The number of aliphatic hydroxyl groups is 1. The molecule has 7 nitrogen and oxygen atoms in total. The van der Waals surface area contributed by atoms with Crippen molar-refractivity contribution < 1.29 is 14.3 Å². The molecule has 0 aliphatic heterocycles. The zero-order chi connectivity index (χ0) is 24.4. The first-order valence-electron chi connectivity index (χ1n) is 11.0. The topological polar surface area (TPSA) is 95.4 Å². The predicted octanol–water partition coefficient (Wildman–Crippen LogP) is 5.77. The quantitative estimate of drug-likeness (QED) is 0.320. The van der Waals surface area contributed by atoms with Gasteiger partial charge in [-0.25, -0.2) is 0 Å². The molecule has 3 aromatic heterocycles. The number of furan rings is 1. The Morgan fingerprint density at radius 1 is 1.00 bits per heavy atom. The Bertz CT molecular complexity index is 1520. The van der Waals surface area contributed by atoms with Gasteiger partial charge in [0.15, 0.2) is 5.58 Å². The van der Waals surface area contributed by atoms with E-state index in [1.54, 1.807) is 47.8 Å². The molecular weight excluding hydrogens is 440 g/mol. The van der Waals surface area contributed by atoms with E-state index in [1.807, 2.05) is 56.6 Å². The van der Waals surface area contributed by atoms with Crippen LogP contribution in [0.4, 0.5) is 0 Å². The van der Waals surface area contributed by atoms with Gasteiger partial charge in [-0.05, 0) is 55.6 Å². The summed E-state index contributed by atoms with van der Waals surface area (Å²) in [5.41, 5.74) is 5.06. The van der Waals surface area contributed by atoms with Crippen LogP contribution in [0.5, 0.6) is 11.5 Å². The van der Waals surface area contributed by atoms with E-state index in [0.717, 1.165) is 22.3 Å². The van der Waals surface area contributed by atoms with Gasteiger partial charge in [-0.3, -0.25) is 14.9 Å².